The summed E-state index contributed by atoms with van der Waals surface area (Å²) in [5, 5.41) is 3.76. The molecule has 2 aromatic rings. The normalized spacial score (nSPS) is 12.0. The van der Waals surface area contributed by atoms with Gasteiger partial charge < -0.3 is 10.3 Å². The SMILES string of the molecule is CCN(CCCNC(=O)c1[nH]c2ccccc2c1Br)S(C)(=O)=O. The van der Waals surface area contributed by atoms with Gasteiger partial charge in [-0.15, -0.1) is 0 Å². The van der Waals surface area contributed by atoms with Crippen LogP contribution in [0.15, 0.2) is 28.7 Å². The molecule has 0 aliphatic carbocycles. The summed E-state index contributed by atoms with van der Waals surface area (Å²) >= 11 is 3.44. The number of rotatable bonds is 7. The minimum absolute atomic E-state index is 0.213. The maximum Gasteiger partial charge on any atom is 0.268 e. The van der Waals surface area contributed by atoms with E-state index in [9.17, 15) is 13.2 Å². The first kappa shape index (κ1) is 18.0. The van der Waals surface area contributed by atoms with Crippen molar-refractivity contribution in [2.75, 3.05) is 25.9 Å². The molecule has 0 saturated carbocycles. The van der Waals surface area contributed by atoms with Crippen molar-refractivity contribution < 1.29 is 13.2 Å². The Morgan fingerprint density at radius 3 is 2.65 bits per heavy atom. The van der Waals surface area contributed by atoms with Crippen LogP contribution in [-0.2, 0) is 10.0 Å². The van der Waals surface area contributed by atoms with Crippen molar-refractivity contribution in [3.63, 3.8) is 0 Å². The minimum Gasteiger partial charge on any atom is -0.351 e. The number of carbonyl (C=O) groups excluding carboxylic acids is 1. The number of para-hydroxylation sites is 1. The zero-order valence-electron chi connectivity index (χ0n) is 13.1. The monoisotopic (exact) mass is 401 g/mol. The van der Waals surface area contributed by atoms with Gasteiger partial charge in [-0.1, -0.05) is 25.1 Å². The molecular formula is C15H20BrN3O3S. The van der Waals surface area contributed by atoms with E-state index in [1.165, 1.54) is 10.6 Å². The van der Waals surface area contributed by atoms with E-state index in [0.29, 0.717) is 31.7 Å². The molecular weight excluding hydrogens is 382 g/mol. The smallest absolute Gasteiger partial charge is 0.268 e. The van der Waals surface area contributed by atoms with E-state index in [-0.39, 0.29) is 5.91 Å². The number of benzene rings is 1. The Morgan fingerprint density at radius 1 is 1.35 bits per heavy atom. The number of nitrogens with zero attached hydrogens (tertiary/aromatic N) is 1. The molecule has 126 valence electrons. The van der Waals surface area contributed by atoms with Crippen molar-refractivity contribution in [3.8, 4) is 0 Å². The summed E-state index contributed by atoms with van der Waals surface area (Å²) in [6, 6.07) is 7.64. The summed E-state index contributed by atoms with van der Waals surface area (Å²) in [4.78, 5) is 15.3. The van der Waals surface area contributed by atoms with Gasteiger partial charge in [0.1, 0.15) is 5.69 Å². The fraction of sp³-hybridized carbons (Fsp3) is 0.400. The van der Waals surface area contributed by atoms with Crippen molar-refractivity contribution >= 4 is 42.8 Å². The molecule has 1 heterocycles. The number of carbonyl (C=O) groups is 1. The first-order valence-corrected chi connectivity index (χ1v) is 9.98. The van der Waals surface area contributed by atoms with Crippen LogP contribution in [0.4, 0.5) is 0 Å². The van der Waals surface area contributed by atoms with Gasteiger partial charge in [-0.2, -0.15) is 0 Å². The summed E-state index contributed by atoms with van der Waals surface area (Å²) in [5.74, 6) is -0.213. The fourth-order valence-electron chi connectivity index (χ4n) is 2.37. The van der Waals surface area contributed by atoms with Crippen LogP contribution in [-0.4, -0.2) is 49.5 Å². The fourth-order valence-corrected chi connectivity index (χ4v) is 3.92. The summed E-state index contributed by atoms with van der Waals surface area (Å²) in [7, 11) is -3.18. The van der Waals surface area contributed by atoms with Gasteiger partial charge >= 0.3 is 0 Å². The van der Waals surface area contributed by atoms with Crippen LogP contribution in [0.1, 0.15) is 23.8 Å². The maximum absolute atomic E-state index is 12.2. The van der Waals surface area contributed by atoms with E-state index in [4.69, 9.17) is 0 Å². The number of aromatic amines is 1. The zero-order chi connectivity index (χ0) is 17.0. The molecule has 0 saturated heterocycles. The second-order valence-corrected chi connectivity index (χ2v) is 8.00. The third-order valence-electron chi connectivity index (χ3n) is 3.56. The highest BCUT2D eigenvalue weighted by molar-refractivity contribution is 9.10. The molecule has 0 spiro atoms. The zero-order valence-corrected chi connectivity index (χ0v) is 15.5. The molecule has 0 unspecified atom stereocenters. The molecule has 23 heavy (non-hydrogen) atoms. The lowest BCUT2D eigenvalue weighted by Gasteiger charge is -2.17. The van der Waals surface area contributed by atoms with Crippen molar-refractivity contribution in [2.45, 2.75) is 13.3 Å². The largest absolute Gasteiger partial charge is 0.351 e. The molecule has 8 heteroatoms. The Bertz CT molecular complexity index is 801. The third-order valence-corrected chi connectivity index (χ3v) is 5.76. The van der Waals surface area contributed by atoms with E-state index in [0.717, 1.165) is 15.4 Å². The number of hydrogen-bond donors (Lipinski definition) is 2. The van der Waals surface area contributed by atoms with E-state index >= 15 is 0 Å². The highest BCUT2D eigenvalue weighted by Gasteiger charge is 2.16. The van der Waals surface area contributed by atoms with Crippen molar-refractivity contribution in [1.29, 1.82) is 0 Å². The summed E-state index contributed by atoms with van der Waals surface area (Å²) in [5.41, 5.74) is 1.36. The standard InChI is InChI=1S/C15H20BrN3O3S/c1-3-19(23(2,21)22)10-6-9-17-15(20)14-13(16)11-7-4-5-8-12(11)18-14/h4-5,7-8,18H,3,6,9-10H2,1-2H3,(H,17,20). The third kappa shape index (κ3) is 4.33. The Labute approximate surface area is 144 Å². The second kappa shape index (κ2) is 7.46. The van der Waals surface area contributed by atoms with E-state index < -0.39 is 10.0 Å². The Balaban J connectivity index is 1.93. The van der Waals surface area contributed by atoms with Gasteiger partial charge in [-0.3, -0.25) is 4.79 Å². The summed E-state index contributed by atoms with van der Waals surface area (Å²) in [6.07, 6.45) is 1.75. The first-order chi connectivity index (χ1) is 10.8. The van der Waals surface area contributed by atoms with Crippen molar-refractivity contribution in [3.05, 3.63) is 34.4 Å². The lowest BCUT2D eigenvalue weighted by Crippen LogP contribution is -2.33. The van der Waals surface area contributed by atoms with Crippen LogP contribution in [0.2, 0.25) is 0 Å². The first-order valence-electron chi connectivity index (χ1n) is 7.34. The van der Waals surface area contributed by atoms with Gasteiger partial charge in [-0.05, 0) is 28.4 Å². The minimum atomic E-state index is -3.18. The van der Waals surface area contributed by atoms with Crippen LogP contribution in [0.3, 0.4) is 0 Å². The van der Waals surface area contributed by atoms with Crippen LogP contribution >= 0.6 is 15.9 Å². The average Bonchev–Trinajstić information content (AvgIpc) is 2.83. The summed E-state index contributed by atoms with van der Waals surface area (Å²) < 4.78 is 25.1. The lowest BCUT2D eigenvalue weighted by molar-refractivity contribution is 0.0948. The van der Waals surface area contributed by atoms with Crippen molar-refractivity contribution in [1.82, 2.24) is 14.6 Å². The molecule has 0 aliphatic heterocycles. The van der Waals surface area contributed by atoms with Crippen LogP contribution < -0.4 is 5.32 Å². The second-order valence-electron chi connectivity index (χ2n) is 5.22. The molecule has 0 radical (unpaired) electrons. The molecule has 2 rings (SSSR count). The van der Waals surface area contributed by atoms with Gasteiger partial charge in [0.2, 0.25) is 10.0 Å². The number of hydrogen-bond acceptors (Lipinski definition) is 3. The lowest BCUT2D eigenvalue weighted by atomic mass is 10.2. The predicted molar refractivity (Wildman–Crippen MR) is 95.0 cm³/mol. The van der Waals surface area contributed by atoms with Crippen LogP contribution in [0.5, 0.6) is 0 Å². The van der Waals surface area contributed by atoms with Gasteiger partial charge in [0, 0.05) is 30.5 Å². The maximum atomic E-state index is 12.2. The van der Waals surface area contributed by atoms with Crippen LogP contribution in [0, 0.1) is 0 Å². The number of H-pyrrole nitrogens is 1. The number of fused-ring (bicyclic) bond motifs is 1. The number of halogens is 1. The number of aromatic nitrogens is 1. The highest BCUT2D eigenvalue weighted by Crippen LogP contribution is 2.27. The number of nitrogens with one attached hydrogen (secondary N) is 2. The summed E-state index contributed by atoms with van der Waals surface area (Å²) in [6.45, 7) is 3.03. The molecule has 0 atom stereocenters. The van der Waals surface area contributed by atoms with E-state index in [1.54, 1.807) is 6.92 Å². The van der Waals surface area contributed by atoms with E-state index in [1.807, 2.05) is 24.3 Å². The van der Waals surface area contributed by atoms with Crippen LogP contribution in [0.25, 0.3) is 10.9 Å². The molecule has 0 bridgehead atoms. The average molecular weight is 402 g/mol. The Morgan fingerprint density at radius 2 is 2.04 bits per heavy atom. The molecule has 6 nitrogen and oxygen atoms in total. The predicted octanol–water partition coefficient (Wildman–Crippen LogP) is 2.33. The van der Waals surface area contributed by atoms with E-state index in [2.05, 4.69) is 26.2 Å². The number of sulfonamides is 1. The Kier molecular flexibility index (Phi) is 5.83. The topological polar surface area (TPSA) is 82.3 Å². The van der Waals surface area contributed by atoms with Crippen molar-refractivity contribution in [2.24, 2.45) is 0 Å². The molecule has 0 aliphatic rings. The molecule has 2 N–H and O–H groups in total. The van der Waals surface area contributed by atoms with Gasteiger partial charge in [-0.25, -0.2) is 12.7 Å². The van der Waals surface area contributed by atoms with Gasteiger partial charge in [0.15, 0.2) is 0 Å². The van der Waals surface area contributed by atoms with Gasteiger partial charge in [0.05, 0.1) is 10.7 Å². The highest BCUT2D eigenvalue weighted by atomic mass is 79.9. The molecule has 0 fully saturated rings. The Hall–Kier alpha value is -1.38. The molecule has 1 aromatic carbocycles. The molecule has 1 aromatic heterocycles. The van der Waals surface area contributed by atoms with Gasteiger partial charge in [0.25, 0.3) is 5.91 Å². The number of amides is 1. The molecule has 1 amide bonds. The quantitative estimate of drug-likeness (QED) is 0.698.